The predicted molar refractivity (Wildman–Crippen MR) is 68.7 cm³/mol. The molecule has 100 valence electrons. The summed E-state index contributed by atoms with van der Waals surface area (Å²) in [6, 6.07) is 15.8. The maximum Gasteiger partial charge on any atom is 0.426 e. The molecule has 0 atom stereocenters. The van der Waals surface area contributed by atoms with Gasteiger partial charge in [-0.05, 0) is 12.1 Å². The first-order valence-corrected chi connectivity index (χ1v) is 5.76. The lowest BCUT2D eigenvalue weighted by Crippen LogP contribution is -2.20. The number of Topliss-reactive ketones (excluding diaryl/α,β-unsaturated/α-hetero) is 1. The van der Waals surface area contributed by atoms with Gasteiger partial charge in [0.15, 0.2) is 0 Å². The smallest absolute Gasteiger partial charge is 0.281 e. The highest BCUT2D eigenvalue weighted by molar-refractivity contribution is 6.40. The van der Waals surface area contributed by atoms with Crippen molar-refractivity contribution < 1.29 is 24.2 Å². The Morgan fingerprint density at radius 3 is 1.70 bits per heavy atom. The summed E-state index contributed by atoms with van der Waals surface area (Å²) in [5, 5.41) is 0. The van der Waals surface area contributed by atoms with E-state index >= 15 is 0 Å². The summed E-state index contributed by atoms with van der Waals surface area (Å²) >= 11 is 0. The van der Waals surface area contributed by atoms with Crippen molar-refractivity contribution in [3.05, 3.63) is 71.8 Å². The second kappa shape index (κ2) is 6.29. The van der Waals surface area contributed by atoms with Gasteiger partial charge in [0.05, 0.1) is 5.56 Å². The van der Waals surface area contributed by atoms with Crippen LogP contribution in [0.4, 0.5) is 0 Å². The molecule has 0 spiro atoms. The Labute approximate surface area is 114 Å². The summed E-state index contributed by atoms with van der Waals surface area (Å²) < 4.78 is 0. The van der Waals surface area contributed by atoms with Crippen molar-refractivity contribution in [2.45, 2.75) is 0 Å². The highest BCUT2D eigenvalue weighted by Gasteiger charge is 2.21. The first-order chi connectivity index (χ1) is 9.68. The average Bonchev–Trinajstić information content (AvgIpc) is 2.53. The Balaban J connectivity index is 1.93. The highest BCUT2D eigenvalue weighted by Crippen LogP contribution is 2.04. The molecule has 0 heterocycles. The maximum absolute atomic E-state index is 11.6. The number of ketones is 1. The van der Waals surface area contributed by atoms with Crippen molar-refractivity contribution in [3.63, 3.8) is 0 Å². The summed E-state index contributed by atoms with van der Waals surface area (Å²) in [4.78, 5) is 43.1. The van der Waals surface area contributed by atoms with E-state index in [0.717, 1.165) is 0 Å². The predicted octanol–water partition coefficient (Wildman–Crippen LogP) is 2.18. The van der Waals surface area contributed by atoms with Crippen LogP contribution in [0.15, 0.2) is 60.7 Å². The third-order valence-corrected chi connectivity index (χ3v) is 2.42. The molecule has 0 amide bonds. The van der Waals surface area contributed by atoms with Crippen molar-refractivity contribution in [1.29, 1.82) is 0 Å². The molecule has 0 saturated carbocycles. The first-order valence-electron chi connectivity index (χ1n) is 5.76. The van der Waals surface area contributed by atoms with Crippen molar-refractivity contribution in [2.75, 3.05) is 0 Å². The molecule has 0 N–H and O–H groups in total. The van der Waals surface area contributed by atoms with Crippen LogP contribution in [0.3, 0.4) is 0 Å². The second-order valence-corrected chi connectivity index (χ2v) is 3.80. The fourth-order valence-electron chi connectivity index (χ4n) is 1.44. The van der Waals surface area contributed by atoms with Crippen molar-refractivity contribution >= 4 is 17.7 Å². The van der Waals surface area contributed by atoms with Crippen LogP contribution >= 0.6 is 0 Å². The molecule has 2 aromatic carbocycles. The van der Waals surface area contributed by atoms with Crippen LogP contribution in [0.5, 0.6) is 0 Å². The fourth-order valence-corrected chi connectivity index (χ4v) is 1.44. The van der Waals surface area contributed by atoms with Crippen LogP contribution in [0.2, 0.25) is 0 Å². The van der Waals surface area contributed by atoms with E-state index in [1.54, 1.807) is 36.4 Å². The minimum Gasteiger partial charge on any atom is -0.281 e. The Bertz CT molecular complexity index is 619. The summed E-state index contributed by atoms with van der Waals surface area (Å²) in [5.74, 6) is -2.98. The lowest BCUT2D eigenvalue weighted by atomic mass is 10.1. The van der Waals surface area contributed by atoms with Gasteiger partial charge < -0.3 is 0 Å². The van der Waals surface area contributed by atoms with Gasteiger partial charge in [0.25, 0.3) is 5.78 Å². The van der Waals surface area contributed by atoms with E-state index < -0.39 is 17.7 Å². The Hall–Kier alpha value is -2.95. The molecule has 0 unspecified atom stereocenters. The van der Waals surface area contributed by atoms with Gasteiger partial charge >= 0.3 is 11.9 Å². The third-order valence-electron chi connectivity index (χ3n) is 2.42. The molecule has 0 aliphatic carbocycles. The molecule has 0 aliphatic heterocycles. The molecule has 0 bridgehead atoms. The number of carbonyl (C=O) groups is 3. The lowest BCUT2D eigenvalue weighted by Gasteiger charge is -2.02. The zero-order valence-corrected chi connectivity index (χ0v) is 10.3. The van der Waals surface area contributed by atoms with Gasteiger partial charge in [0.1, 0.15) is 0 Å². The monoisotopic (exact) mass is 270 g/mol. The molecular formula is C15H10O5. The zero-order chi connectivity index (χ0) is 14.4. The minimum atomic E-state index is -1.25. The minimum absolute atomic E-state index is 0.160. The van der Waals surface area contributed by atoms with Crippen LogP contribution in [0, 0.1) is 0 Å². The first kappa shape index (κ1) is 13.5. The van der Waals surface area contributed by atoms with Crippen LogP contribution in [-0.2, 0) is 14.6 Å². The molecule has 5 heteroatoms. The number of hydrogen-bond acceptors (Lipinski definition) is 5. The highest BCUT2D eigenvalue weighted by atomic mass is 17.2. The Kier molecular flexibility index (Phi) is 4.24. The molecule has 20 heavy (non-hydrogen) atoms. The molecule has 2 aromatic rings. The number of hydrogen-bond donors (Lipinski definition) is 0. The SMILES string of the molecule is O=C(OOC(=O)c1ccccc1)C(=O)c1ccccc1. The summed E-state index contributed by atoms with van der Waals surface area (Å²) in [6.45, 7) is 0. The van der Waals surface area contributed by atoms with E-state index in [0.29, 0.717) is 0 Å². The summed E-state index contributed by atoms with van der Waals surface area (Å²) in [7, 11) is 0. The van der Waals surface area contributed by atoms with Gasteiger partial charge in [-0.2, -0.15) is 0 Å². The standard InChI is InChI=1S/C15H10O5/c16-13(11-7-3-1-4-8-11)15(18)20-19-14(17)12-9-5-2-6-10-12/h1-10H. The molecule has 5 nitrogen and oxygen atoms in total. The van der Waals surface area contributed by atoms with Gasteiger partial charge in [-0.25, -0.2) is 19.4 Å². The number of carbonyl (C=O) groups excluding carboxylic acids is 3. The van der Waals surface area contributed by atoms with Gasteiger partial charge in [-0.1, -0.05) is 48.5 Å². The molecule has 0 radical (unpaired) electrons. The fraction of sp³-hybridized carbons (Fsp3) is 0. The maximum atomic E-state index is 11.6. The average molecular weight is 270 g/mol. The van der Waals surface area contributed by atoms with E-state index in [-0.39, 0.29) is 11.1 Å². The lowest BCUT2D eigenvalue weighted by molar-refractivity contribution is -0.227. The van der Waals surface area contributed by atoms with Crippen molar-refractivity contribution in [1.82, 2.24) is 0 Å². The second-order valence-electron chi connectivity index (χ2n) is 3.80. The van der Waals surface area contributed by atoms with Gasteiger partial charge in [0.2, 0.25) is 0 Å². The molecule has 0 saturated heterocycles. The van der Waals surface area contributed by atoms with Crippen molar-refractivity contribution in [3.8, 4) is 0 Å². The Morgan fingerprint density at radius 2 is 1.15 bits per heavy atom. The Morgan fingerprint density at radius 1 is 0.650 bits per heavy atom. The van der Waals surface area contributed by atoms with E-state index in [1.165, 1.54) is 24.3 Å². The molecular weight excluding hydrogens is 260 g/mol. The van der Waals surface area contributed by atoms with Gasteiger partial charge in [-0.15, -0.1) is 0 Å². The van der Waals surface area contributed by atoms with E-state index in [9.17, 15) is 14.4 Å². The van der Waals surface area contributed by atoms with E-state index in [2.05, 4.69) is 9.78 Å². The quantitative estimate of drug-likeness (QED) is 0.370. The van der Waals surface area contributed by atoms with Crippen LogP contribution in [-0.4, -0.2) is 17.7 Å². The molecule has 2 rings (SSSR count). The van der Waals surface area contributed by atoms with Crippen LogP contribution in [0.1, 0.15) is 20.7 Å². The number of benzene rings is 2. The summed E-state index contributed by atoms with van der Waals surface area (Å²) in [5.41, 5.74) is 0.376. The van der Waals surface area contributed by atoms with Gasteiger partial charge in [0, 0.05) is 5.56 Å². The molecule has 0 aromatic heterocycles. The van der Waals surface area contributed by atoms with Gasteiger partial charge in [-0.3, -0.25) is 4.79 Å². The van der Waals surface area contributed by atoms with Crippen molar-refractivity contribution in [2.24, 2.45) is 0 Å². The third kappa shape index (κ3) is 3.29. The molecule has 0 aliphatic rings. The molecule has 0 fully saturated rings. The van der Waals surface area contributed by atoms with Crippen LogP contribution < -0.4 is 0 Å². The van der Waals surface area contributed by atoms with Crippen LogP contribution in [0.25, 0.3) is 0 Å². The topological polar surface area (TPSA) is 69.7 Å². The zero-order valence-electron chi connectivity index (χ0n) is 10.3. The number of rotatable bonds is 3. The normalized spacial score (nSPS) is 9.60. The van der Waals surface area contributed by atoms with E-state index in [4.69, 9.17) is 0 Å². The van der Waals surface area contributed by atoms with E-state index in [1.807, 2.05) is 0 Å². The summed E-state index contributed by atoms with van der Waals surface area (Å²) in [6.07, 6.45) is 0. The largest absolute Gasteiger partial charge is 0.426 e.